The third-order valence-electron chi connectivity index (χ3n) is 5.56. The van der Waals surface area contributed by atoms with Crippen molar-refractivity contribution in [1.82, 2.24) is 14.9 Å². The summed E-state index contributed by atoms with van der Waals surface area (Å²) in [6.07, 6.45) is 3.50. The van der Waals surface area contributed by atoms with Crippen LogP contribution in [0.4, 0.5) is 4.39 Å². The van der Waals surface area contributed by atoms with Crippen LogP contribution in [0, 0.1) is 5.82 Å². The first kappa shape index (κ1) is 23.5. The molecular formula is C26H24BrClFN3O. The monoisotopic (exact) mass is 527 g/mol. The summed E-state index contributed by atoms with van der Waals surface area (Å²) in [5.41, 5.74) is 2.97. The number of hydrogen-bond donors (Lipinski definition) is 1. The Balaban J connectivity index is 1.36. The van der Waals surface area contributed by atoms with E-state index >= 15 is 0 Å². The maximum absolute atomic E-state index is 14.4. The minimum Gasteiger partial charge on any atom is -0.352 e. The van der Waals surface area contributed by atoms with E-state index < -0.39 is 0 Å². The summed E-state index contributed by atoms with van der Waals surface area (Å²) in [6, 6.07) is 20.0. The zero-order valence-corrected chi connectivity index (χ0v) is 20.4. The summed E-state index contributed by atoms with van der Waals surface area (Å²) in [5.74, 6) is 0.529. The molecule has 1 heterocycles. The Labute approximate surface area is 205 Å². The molecule has 170 valence electrons. The van der Waals surface area contributed by atoms with E-state index in [-0.39, 0.29) is 11.7 Å². The number of imidazole rings is 1. The van der Waals surface area contributed by atoms with Crippen molar-refractivity contribution in [3.63, 3.8) is 0 Å². The molecule has 7 heteroatoms. The fourth-order valence-corrected chi connectivity index (χ4v) is 4.47. The van der Waals surface area contributed by atoms with Gasteiger partial charge < -0.3 is 9.88 Å². The van der Waals surface area contributed by atoms with Crippen LogP contribution in [0.1, 0.15) is 41.0 Å². The minimum absolute atomic E-state index is 0.0696. The van der Waals surface area contributed by atoms with Crippen LogP contribution in [0.3, 0.4) is 0 Å². The van der Waals surface area contributed by atoms with Gasteiger partial charge in [0.1, 0.15) is 11.6 Å². The lowest BCUT2D eigenvalue weighted by molar-refractivity contribution is 0.0953. The van der Waals surface area contributed by atoms with Gasteiger partial charge in [-0.3, -0.25) is 4.79 Å². The number of amides is 1. The predicted octanol–water partition coefficient (Wildman–Crippen LogP) is 6.78. The first-order chi connectivity index (χ1) is 16.0. The number of para-hydroxylation sites is 2. The molecule has 3 aromatic carbocycles. The van der Waals surface area contributed by atoms with Gasteiger partial charge in [-0.25, -0.2) is 9.37 Å². The molecule has 4 aromatic rings. The Bertz CT molecular complexity index is 1250. The number of benzene rings is 3. The second kappa shape index (κ2) is 10.9. The molecule has 4 rings (SSSR count). The highest BCUT2D eigenvalue weighted by Gasteiger charge is 2.14. The third-order valence-corrected chi connectivity index (χ3v) is 6.41. The molecule has 0 saturated heterocycles. The number of aromatic nitrogens is 2. The van der Waals surface area contributed by atoms with Crippen LogP contribution in [0.5, 0.6) is 0 Å². The molecule has 1 amide bonds. The topological polar surface area (TPSA) is 46.9 Å². The maximum Gasteiger partial charge on any atom is 0.251 e. The van der Waals surface area contributed by atoms with E-state index in [0.717, 1.165) is 47.0 Å². The van der Waals surface area contributed by atoms with Crippen LogP contribution in [-0.4, -0.2) is 22.0 Å². The van der Waals surface area contributed by atoms with Gasteiger partial charge >= 0.3 is 0 Å². The lowest BCUT2D eigenvalue weighted by Gasteiger charge is -2.12. The second-order valence-corrected chi connectivity index (χ2v) is 9.20. The molecule has 4 nitrogen and oxygen atoms in total. The van der Waals surface area contributed by atoms with E-state index in [1.807, 2.05) is 42.5 Å². The van der Waals surface area contributed by atoms with E-state index in [0.29, 0.717) is 29.2 Å². The van der Waals surface area contributed by atoms with E-state index in [1.54, 1.807) is 18.2 Å². The zero-order valence-electron chi connectivity index (χ0n) is 18.0. The molecule has 0 unspecified atom stereocenters. The van der Waals surface area contributed by atoms with Crippen molar-refractivity contribution in [2.45, 2.75) is 32.2 Å². The smallest absolute Gasteiger partial charge is 0.251 e. The Morgan fingerprint density at radius 1 is 1.03 bits per heavy atom. The molecule has 0 aliphatic carbocycles. The van der Waals surface area contributed by atoms with Gasteiger partial charge in [0.2, 0.25) is 0 Å². The molecule has 0 aliphatic heterocycles. The number of rotatable bonds is 9. The van der Waals surface area contributed by atoms with Crippen molar-refractivity contribution in [2.24, 2.45) is 0 Å². The number of nitrogens with zero attached hydrogens (tertiary/aromatic N) is 2. The van der Waals surface area contributed by atoms with Crippen molar-refractivity contribution in [3.05, 3.63) is 99.0 Å². The van der Waals surface area contributed by atoms with Crippen molar-refractivity contribution in [2.75, 3.05) is 6.54 Å². The van der Waals surface area contributed by atoms with E-state index in [9.17, 15) is 9.18 Å². The van der Waals surface area contributed by atoms with Crippen LogP contribution >= 0.6 is 27.5 Å². The van der Waals surface area contributed by atoms with Gasteiger partial charge in [0, 0.05) is 33.6 Å². The van der Waals surface area contributed by atoms with Gasteiger partial charge in [-0.1, -0.05) is 58.2 Å². The molecule has 0 radical (unpaired) electrons. The van der Waals surface area contributed by atoms with Gasteiger partial charge in [-0.2, -0.15) is 0 Å². The van der Waals surface area contributed by atoms with Gasteiger partial charge in [-0.15, -0.1) is 0 Å². The van der Waals surface area contributed by atoms with Crippen molar-refractivity contribution < 1.29 is 9.18 Å². The number of fused-ring (bicyclic) bond motifs is 1. The quantitative estimate of drug-likeness (QED) is 0.243. The molecule has 0 spiro atoms. The largest absolute Gasteiger partial charge is 0.352 e. The lowest BCUT2D eigenvalue weighted by Crippen LogP contribution is -2.24. The molecule has 0 saturated carbocycles. The molecular weight excluding hydrogens is 505 g/mol. The van der Waals surface area contributed by atoms with Gasteiger partial charge in [0.25, 0.3) is 5.91 Å². The summed E-state index contributed by atoms with van der Waals surface area (Å²) < 4.78 is 17.4. The Morgan fingerprint density at radius 2 is 1.85 bits per heavy atom. The molecule has 0 fully saturated rings. The minimum atomic E-state index is -0.313. The highest BCUT2D eigenvalue weighted by Crippen LogP contribution is 2.24. The van der Waals surface area contributed by atoms with E-state index in [4.69, 9.17) is 16.6 Å². The maximum atomic E-state index is 14.4. The van der Waals surface area contributed by atoms with Crippen LogP contribution in [0.2, 0.25) is 5.02 Å². The van der Waals surface area contributed by atoms with Crippen molar-refractivity contribution in [1.29, 1.82) is 0 Å². The fraction of sp³-hybridized carbons (Fsp3) is 0.231. The number of hydrogen-bond acceptors (Lipinski definition) is 2. The van der Waals surface area contributed by atoms with Gasteiger partial charge in [0.15, 0.2) is 0 Å². The standard InChI is InChI=1S/C26H24BrClFN3O/c27-19-9-6-8-18(16-19)26(33)30-15-5-1-2-14-25-31-23-12-3-4-13-24(23)32(25)17-20-21(28)10-7-11-22(20)29/h3-4,6-13,16H,1-2,5,14-15,17H2,(H,30,33). The summed E-state index contributed by atoms with van der Waals surface area (Å²) in [7, 11) is 0. The number of halogens is 3. The highest BCUT2D eigenvalue weighted by atomic mass is 79.9. The van der Waals surface area contributed by atoms with E-state index in [2.05, 4.69) is 25.8 Å². The Morgan fingerprint density at radius 3 is 2.67 bits per heavy atom. The molecule has 0 atom stereocenters. The number of nitrogens with one attached hydrogen (secondary N) is 1. The number of carbonyl (C=O) groups excluding carboxylic acids is 1. The predicted molar refractivity (Wildman–Crippen MR) is 134 cm³/mol. The Kier molecular flexibility index (Phi) is 7.78. The van der Waals surface area contributed by atoms with E-state index in [1.165, 1.54) is 6.07 Å². The first-order valence-electron chi connectivity index (χ1n) is 10.9. The van der Waals surface area contributed by atoms with Crippen molar-refractivity contribution >= 4 is 44.5 Å². The summed E-state index contributed by atoms with van der Waals surface area (Å²) in [4.78, 5) is 17.0. The molecule has 1 aromatic heterocycles. The highest BCUT2D eigenvalue weighted by molar-refractivity contribution is 9.10. The molecule has 0 aliphatic rings. The van der Waals surface area contributed by atoms with Crippen LogP contribution < -0.4 is 5.32 Å². The Hall–Kier alpha value is -2.70. The second-order valence-electron chi connectivity index (χ2n) is 7.88. The van der Waals surface area contributed by atoms with Crippen LogP contribution in [0.15, 0.2) is 71.2 Å². The van der Waals surface area contributed by atoms with Crippen LogP contribution in [0.25, 0.3) is 11.0 Å². The summed E-state index contributed by atoms with van der Waals surface area (Å²) in [5, 5.41) is 3.38. The third kappa shape index (κ3) is 5.81. The van der Waals surface area contributed by atoms with Crippen LogP contribution in [-0.2, 0) is 13.0 Å². The molecule has 33 heavy (non-hydrogen) atoms. The first-order valence-corrected chi connectivity index (χ1v) is 12.1. The molecule has 1 N–H and O–H groups in total. The number of aryl methyl sites for hydroxylation is 1. The fourth-order valence-electron chi connectivity index (χ4n) is 3.85. The van der Waals surface area contributed by atoms with Gasteiger partial charge in [-0.05, 0) is 55.3 Å². The summed E-state index contributed by atoms with van der Waals surface area (Å²) in [6.45, 7) is 0.955. The average Bonchev–Trinajstić information content (AvgIpc) is 3.15. The summed E-state index contributed by atoms with van der Waals surface area (Å²) >= 11 is 9.67. The average molecular weight is 529 g/mol. The molecule has 0 bridgehead atoms. The normalized spacial score (nSPS) is 11.1. The number of unbranched alkanes of at least 4 members (excludes halogenated alkanes) is 2. The number of carbonyl (C=O) groups is 1. The van der Waals surface area contributed by atoms with Crippen molar-refractivity contribution in [3.8, 4) is 0 Å². The van der Waals surface area contributed by atoms with Gasteiger partial charge in [0.05, 0.1) is 17.6 Å². The lowest BCUT2D eigenvalue weighted by atomic mass is 10.1. The zero-order chi connectivity index (χ0) is 23.2. The SMILES string of the molecule is O=C(NCCCCCc1nc2ccccc2n1Cc1c(F)cccc1Cl)c1cccc(Br)c1.